The number of aliphatic hydroxyl groups excluding tert-OH is 1. The largest absolute Gasteiger partial charge is 0.395 e. The monoisotopic (exact) mass is 261 g/mol. The van der Waals surface area contributed by atoms with Crippen molar-refractivity contribution in [3.8, 4) is 0 Å². The second kappa shape index (κ2) is 6.53. The Morgan fingerprint density at radius 2 is 1.68 bits per heavy atom. The molecule has 1 N–H and O–H groups in total. The normalized spacial score (nSPS) is 17.6. The molecule has 2 rings (SSSR count). The van der Waals surface area contributed by atoms with Gasteiger partial charge >= 0.3 is 0 Å². The standard InChI is InChI=1S/C17H27NO/c1-17(2,14-19)16-8-6-15(7-9-16)10-13-18-11-4-3-5-12-18/h6-9,19H,3-5,10-14H2,1-2H3. The molecule has 19 heavy (non-hydrogen) atoms. The molecule has 1 aliphatic rings. The number of piperidine rings is 1. The third-order valence-corrected chi connectivity index (χ3v) is 4.30. The van der Waals surface area contributed by atoms with E-state index in [0.717, 1.165) is 6.42 Å². The van der Waals surface area contributed by atoms with Crippen molar-refractivity contribution in [1.82, 2.24) is 4.90 Å². The minimum absolute atomic E-state index is 0.134. The lowest BCUT2D eigenvalue weighted by Gasteiger charge is -2.26. The molecule has 1 aromatic carbocycles. The van der Waals surface area contributed by atoms with Gasteiger partial charge in [0.15, 0.2) is 0 Å². The van der Waals surface area contributed by atoms with Crippen molar-refractivity contribution in [1.29, 1.82) is 0 Å². The van der Waals surface area contributed by atoms with Crippen LogP contribution in [0, 0.1) is 0 Å². The Balaban J connectivity index is 1.88. The fourth-order valence-electron chi connectivity index (χ4n) is 2.68. The molecule has 1 saturated heterocycles. The highest BCUT2D eigenvalue weighted by molar-refractivity contribution is 5.28. The summed E-state index contributed by atoms with van der Waals surface area (Å²) < 4.78 is 0. The van der Waals surface area contributed by atoms with Crippen molar-refractivity contribution in [2.45, 2.75) is 44.9 Å². The van der Waals surface area contributed by atoms with Crippen LogP contribution in [-0.2, 0) is 11.8 Å². The van der Waals surface area contributed by atoms with Gasteiger partial charge in [0.1, 0.15) is 0 Å². The zero-order chi connectivity index (χ0) is 13.7. The molecule has 1 fully saturated rings. The molecule has 0 aliphatic carbocycles. The maximum Gasteiger partial charge on any atom is 0.0522 e. The number of hydrogen-bond donors (Lipinski definition) is 1. The molecule has 106 valence electrons. The molecule has 0 radical (unpaired) electrons. The smallest absolute Gasteiger partial charge is 0.0522 e. The SMILES string of the molecule is CC(C)(CO)c1ccc(CCN2CCCCC2)cc1. The molecular weight excluding hydrogens is 234 g/mol. The van der Waals surface area contributed by atoms with Crippen LogP contribution in [0.15, 0.2) is 24.3 Å². The summed E-state index contributed by atoms with van der Waals surface area (Å²) in [5.74, 6) is 0. The van der Waals surface area contributed by atoms with Gasteiger partial charge in [-0.3, -0.25) is 0 Å². The van der Waals surface area contributed by atoms with Gasteiger partial charge in [0.05, 0.1) is 6.61 Å². The van der Waals surface area contributed by atoms with E-state index in [0.29, 0.717) is 0 Å². The Labute approximate surface area is 117 Å². The highest BCUT2D eigenvalue weighted by Gasteiger charge is 2.18. The number of benzene rings is 1. The molecule has 0 saturated carbocycles. The van der Waals surface area contributed by atoms with Crippen molar-refractivity contribution in [3.63, 3.8) is 0 Å². The maximum absolute atomic E-state index is 9.38. The van der Waals surface area contributed by atoms with Gasteiger partial charge in [0.2, 0.25) is 0 Å². The van der Waals surface area contributed by atoms with E-state index in [9.17, 15) is 5.11 Å². The maximum atomic E-state index is 9.38. The van der Waals surface area contributed by atoms with Crippen LogP contribution in [-0.4, -0.2) is 36.2 Å². The second-order valence-corrected chi connectivity index (χ2v) is 6.39. The molecule has 0 bridgehead atoms. The topological polar surface area (TPSA) is 23.5 Å². The van der Waals surface area contributed by atoms with E-state index in [1.54, 1.807) is 0 Å². The average molecular weight is 261 g/mol. The lowest BCUT2D eigenvalue weighted by atomic mass is 9.85. The number of rotatable bonds is 5. The summed E-state index contributed by atoms with van der Waals surface area (Å²) in [5, 5.41) is 9.38. The van der Waals surface area contributed by atoms with Crippen molar-refractivity contribution < 1.29 is 5.11 Å². The summed E-state index contributed by atoms with van der Waals surface area (Å²) in [6.07, 6.45) is 5.27. The summed E-state index contributed by atoms with van der Waals surface area (Å²) in [5.41, 5.74) is 2.49. The van der Waals surface area contributed by atoms with Gasteiger partial charge in [-0.2, -0.15) is 0 Å². The first kappa shape index (κ1) is 14.5. The molecule has 0 aromatic heterocycles. The summed E-state index contributed by atoms with van der Waals surface area (Å²) in [7, 11) is 0. The van der Waals surface area contributed by atoms with Crippen LogP contribution in [0.5, 0.6) is 0 Å². The highest BCUT2D eigenvalue weighted by Crippen LogP contribution is 2.22. The summed E-state index contributed by atoms with van der Waals surface area (Å²) in [6, 6.07) is 8.77. The van der Waals surface area contributed by atoms with Crippen LogP contribution >= 0.6 is 0 Å². The predicted molar refractivity (Wildman–Crippen MR) is 80.5 cm³/mol. The number of hydrogen-bond acceptors (Lipinski definition) is 2. The zero-order valence-corrected chi connectivity index (χ0v) is 12.4. The molecule has 1 heterocycles. The number of likely N-dealkylation sites (tertiary alicyclic amines) is 1. The molecule has 1 aliphatic heterocycles. The first-order chi connectivity index (χ1) is 9.12. The van der Waals surface area contributed by atoms with Crippen LogP contribution in [0.25, 0.3) is 0 Å². The highest BCUT2D eigenvalue weighted by atomic mass is 16.3. The molecule has 2 heteroatoms. The lowest BCUT2D eigenvalue weighted by molar-refractivity contribution is 0.218. The molecule has 0 spiro atoms. The van der Waals surface area contributed by atoms with Gasteiger partial charge in [-0.1, -0.05) is 44.5 Å². The molecule has 1 aromatic rings. The summed E-state index contributed by atoms with van der Waals surface area (Å²) in [4.78, 5) is 2.58. The molecule has 0 unspecified atom stereocenters. The van der Waals surface area contributed by atoms with Gasteiger partial charge in [-0.05, 0) is 43.5 Å². The van der Waals surface area contributed by atoms with E-state index >= 15 is 0 Å². The van der Waals surface area contributed by atoms with E-state index in [4.69, 9.17) is 0 Å². The molecular formula is C17H27NO. The fourth-order valence-corrected chi connectivity index (χ4v) is 2.68. The van der Waals surface area contributed by atoms with Gasteiger partial charge in [0, 0.05) is 12.0 Å². The Kier molecular flexibility index (Phi) is 5.00. The Hall–Kier alpha value is -0.860. The first-order valence-corrected chi connectivity index (χ1v) is 7.54. The Morgan fingerprint density at radius 1 is 1.05 bits per heavy atom. The predicted octanol–water partition coefficient (Wildman–Crippen LogP) is 2.98. The quantitative estimate of drug-likeness (QED) is 0.881. The van der Waals surface area contributed by atoms with E-state index in [2.05, 4.69) is 43.0 Å². The molecule has 0 amide bonds. The minimum Gasteiger partial charge on any atom is -0.395 e. The van der Waals surface area contributed by atoms with Crippen LogP contribution in [0.4, 0.5) is 0 Å². The van der Waals surface area contributed by atoms with Crippen molar-refractivity contribution in [3.05, 3.63) is 35.4 Å². The molecule has 0 atom stereocenters. The summed E-state index contributed by atoms with van der Waals surface area (Å²) >= 11 is 0. The number of nitrogens with zero attached hydrogens (tertiary/aromatic N) is 1. The van der Waals surface area contributed by atoms with Crippen molar-refractivity contribution >= 4 is 0 Å². The van der Waals surface area contributed by atoms with E-state index in [1.807, 2.05) is 0 Å². The third kappa shape index (κ3) is 4.05. The Bertz CT molecular complexity index is 377. The van der Waals surface area contributed by atoms with Crippen molar-refractivity contribution in [2.24, 2.45) is 0 Å². The lowest BCUT2D eigenvalue weighted by Crippen LogP contribution is -2.31. The van der Waals surface area contributed by atoms with Crippen LogP contribution in [0.1, 0.15) is 44.2 Å². The van der Waals surface area contributed by atoms with Gasteiger partial charge < -0.3 is 10.0 Å². The number of aliphatic hydroxyl groups is 1. The molecule has 2 nitrogen and oxygen atoms in total. The van der Waals surface area contributed by atoms with E-state index in [1.165, 1.54) is 50.0 Å². The van der Waals surface area contributed by atoms with Crippen molar-refractivity contribution in [2.75, 3.05) is 26.2 Å². The van der Waals surface area contributed by atoms with Crippen LogP contribution in [0.3, 0.4) is 0 Å². The second-order valence-electron chi connectivity index (χ2n) is 6.39. The van der Waals surface area contributed by atoms with E-state index < -0.39 is 0 Å². The first-order valence-electron chi connectivity index (χ1n) is 7.54. The minimum atomic E-state index is -0.134. The zero-order valence-electron chi connectivity index (χ0n) is 12.4. The van der Waals surface area contributed by atoms with E-state index in [-0.39, 0.29) is 12.0 Å². The van der Waals surface area contributed by atoms with Gasteiger partial charge in [0.25, 0.3) is 0 Å². The average Bonchev–Trinajstić information content (AvgIpc) is 2.47. The van der Waals surface area contributed by atoms with Gasteiger partial charge in [-0.25, -0.2) is 0 Å². The van der Waals surface area contributed by atoms with Crippen LogP contribution < -0.4 is 0 Å². The Morgan fingerprint density at radius 3 is 2.26 bits per heavy atom. The van der Waals surface area contributed by atoms with Gasteiger partial charge in [-0.15, -0.1) is 0 Å². The summed E-state index contributed by atoms with van der Waals surface area (Å²) in [6.45, 7) is 8.08. The fraction of sp³-hybridized carbons (Fsp3) is 0.647. The van der Waals surface area contributed by atoms with Crippen LogP contribution in [0.2, 0.25) is 0 Å². The third-order valence-electron chi connectivity index (χ3n) is 4.30.